The molecule has 0 saturated carbocycles. The molecule has 16 heavy (non-hydrogen) atoms. The van der Waals surface area contributed by atoms with Crippen LogP contribution in [0.25, 0.3) is 0 Å². The van der Waals surface area contributed by atoms with Crippen molar-refractivity contribution in [3.05, 3.63) is 29.6 Å². The second-order valence-electron chi connectivity index (χ2n) is 4.17. The Balaban J connectivity index is 1.90. The molecule has 0 aliphatic carbocycles. The summed E-state index contributed by atoms with van der Waals surface area (Å²) in [4.78, 5) is 15.9. The normalized spacial score (nSPS) is 19.7. The van der Waals surface area contributed by atoms with E-state index in [4.69, 9.17) is 0 Å². The summed E-state index contributed by atoms with van der Waals surface area (Å²) >= 11 is 0. The molecule has 0 radical (unpaired) electrons. The highest BCUT2D eigenvalue weighted by molar-refractivity contribution is 5.93. The van der Waals surface area contributed by atoms with Gasteiger partial charge in [0.25, 0.3) is 5.91 Å². The molecule has 0 spiro atoms. The SMILES string of the molecule is Cc1cccnc1C(=O)NCC1CCCN1. The Kier molecular flexibility index (Phi) is 3.51. The van der Waals surface area contributed by atoms with Gasteiger partial charge in [-0.1, -0.05) is 6.07 Å². The van der Waals surface area contributed by atoms with E-state index in [-0.39, 0.29) is 5.91 Å². The van der Waals surface area contributed by atoms with Gasteiger partial charge in [0.1, 0.15) is 5.69 Å². The largest absolute Gasteiger partial charge is 0.349 e. The minimum atomic E-state index is -0.0770. The van der Waals surface area contributed by atoms with Gasteiger partial charge in [-0.3, -0.25) is 9.78 Å². The summed E-state index contributed by atoms with van der Waals surface area (Å²) in [6.45, 7) is 3.65. The molecule has 1 atom stereocenters. The number of pyridine rings is 1. The van der Waals surface area contributed by atoms with E-state index in [1.54, 1.807) is 6.20 Å². The van der Waals surface area contributed by atoms with E-state index in [9.17, 15) is 4.79 Å². The molecule has 2 heterocycles. The van der Waals surface area contributed by atoms with E-state index in [0.717, 1.165) is 18.5 Å². The molecule has 4 heteroatoms. The van der Waals surface area contributed by atoms with Gasteiger partial charge < -0.3 is 10.6 Å². The van der Waals surface area contributed by atoms with Crippen molar-refractivity contribution in [2.45, 2.75) is 25.8 Å². The average Bonchev–Trinajstić information content (AvgIpc) is 2.79. The first-order valence-electron chi connectivity index (χ1n) is 5.70. The molecule has 1 aliphatic rings. The van der Waals surface area contributed by atoms with E-state index in [1.807, 2.05) is 19.1 Å². The van der Waals surface area contributed by atoms with E-state index in [0.29, 0.717) is 18.3 Å². The molecule has 2 rings (SSSR count). The van der Waals surface area contributed by atoms with Crippen LogP contribution in [0.5, 0.6) is 0 Å². The van der Waals surface area contributed by atoms with Crippen molar-refractivity contribution >= 4 is 5.91 Å². The maximum absolute atomic E-state index is 11.8. The van der Waals surface area contributed by atoms with Gasteiger partial charge in [-0.25, -0.2) is 0 Å². The summed E-state index contributed by atoms with van der Waals surface area (Å²) < 4.78 is 0. The molecule has 0 aromatic carbocycles. The smallest absolute Gasteiger partial charge is 0.270 e. The Bertz CT molecular complexity index is 372. The molecule has 1 aromatic heterocycles. The van der Waals surface area contributed by atoms with Gasteiger partial charge in [-0.2, -0.15) is 0 Å². The number of hydrogen-bond acceptors (Lipinski definition) is 3. The Morgan fingerprint density at radius 3 is 3.25 bits per heavy atom. The predicted octanol–water partition coefficient (Wildman–Crippen LogP) is 0.872. The fraction of sp³-hybridized carbons (Fsp3) is 0.500. The van der Waals surface area contributed by atoms with Gasteiger partial charge in [-0.15, -0.1) is 0 Å². The Morgan fingerprint density at radius 1 is 1.69 bits per heavy atom. The first-order chi connectivity index (χ1) is 7.77. The van der Waals surface area contributed by atoms with Crippen LogP contribution in [-0.2, 0) is 0 Å². The van der Waals surface area contributed by atoms with Crippen LogP contribution in [0.3, 0.4) is 0 Å². The fourth-order valence-electron chi connectivity index (χ4n) is 1.95. The van der Waals surface area contributed by atoms with Crippen LogP contribution < -0.4 is 10.6 Å². The lowest BCUT2D eigenvalue weighted by Crippen LogP contribution is -2.37. The number of aromatic nitrogens is 1. The second kappa shape index (κ2) is 5.07. The fourth-order valence-corrected chi connectivity index (χ4v) is 1.95. The number of nitrogens with one attached hydrogen (secondary N) is 2. The molecular formula is C12H17N3O. The number of carbonyl (C=O) groups is 1. The van der Waals surface area contributed by atoms with Crippen LogP contribution in [-0.4, -0.2) is 30.0 Å². The zero-order valence-corrected chi connectivity index (χ0v) is 9.49. The van der Waals surface area contributed by atoms with Gasteiger partial charge in [0, 0.05) is 18.8 Å². The molecule has 0 bridgehead atoms. The summed E-state index contributed by atoms with van der Waals surface area (Å²) in [5.74, 6) is -0.0770. The third-order valence-corrected chi connectivity index (χ3v) is 2.90. The molecule has 1 fully saturated rings. The summed E-state index contributed by atoms with van der Waals surface area (Å²) in [5, 5.41) is 6.26. The Labute approximate surface area is 95.5 Å². The summed E-state index contributed by atoms with van der Waals surface area (Å²) in [5.41, 5.74) is 1.44. The van der Waals surface area contributed by atoms with Crippen LogP contribution in [0.4, 0.5) is 0 Å². The first-order valence-corrected chi connectivity index (χ1v) is 5.70. The molecule has 2 N–H and O–H groups in total. The number of rotatable bonds is 3. The van der Waals surface area contributed by atoms with Crippen LogP contribution in [0.15, 0.2) is 18.3 Å². The van der Waals surface area contributed by atoms with Gasteiger partial charge in [0.15, 0.2) is 0 Å². The summed E-state index contributed by atoms with van der Waals surface area (Å²) in [7, 11) is 0. The highest BCUT2D eigenvalue weighted by atomic mass is 16.1. The van der Waals surface area contributed by atoms with E-state index in [2.05, 4.69) is 15.6 Å². The number of aryl methyl sites for hydroxylation is 1. The monoisotopic (exact) mass is 219 g/mol. The van der Waals surface area contributed by atoms with E-state index < -0.39 is 0 Å². The van der Waals surface area contributed by atoms with Crippen molar-refractivity contribution in [1.29, 1.82) is 0 Å². The Morgan fingerprint density at radius 2 is 2.56 bits per heavy atom. The molecule has 1 unspecified atom stereocenters. The topological polar surface area (TPSA) is 54.0 Å². The van der Waals surface area contributed by atoms with Gasteiger partial charge in [0.05, 0.1) is 0 Å². The first kappa shape index (κ1) is 11.1. The van der Waals surface area contributed by atoms with Crippen molar-refractivity contribution in [3.8, 4) is 0 Å². The van der Waals surface area contributed by atoms with Crippen LogP contribution in [0.2, 0.25) is 0 Å². The van der Waals surface area contributed by atoms with Crippen molar-refractivity contribution in [2.75, 3.05) is 13.1 Å². The highest BCUT2D eigenvalue weighted by Gasteiger charge is 2.16. The predicted molar refractivity (Wildman–Crippen MR) is 62.3 cm³/mol. The average molecular weight is 219 g/mol. The van der Waals surface area contributed by atoms with Gasteiger partial charge in [-0.05, 0) is 37.9 Å². The van der Waals surface area contributed by atoms with Crippen molar-refractivity contribution < 1.29 is 4.79 Å². The molecule has 1 amide bonds. The minimum absolute atomic E-state index is 0.0770. The summed E-state index contributed by atoms with van der Waals surface area (Å²) in [6, 6.07) is 4.16. The van der Waals surface area contributed by atoms with Crippen LogP contribution >= 0.6 is 0 Å². The van der Waals surface area contributed by atoms with Gasteiger partial charge >= 0.3 is 0 Å². The third-order valence-electron chi connectivity index (χ3n) is 2.90. The zero-order valence-electron chi connectivity index (χ0n) is 9.49. The molecule has 1 aliphatic heterocycles. The molecular weight excluding hydrogens is 202 g/mol. The van der Waals surface area contributed by atoms with Crippen molar-refractivity contribution in [2.24, 2.45) is 0 Å². The standard InChI is InChI=1S/C12H17N3O/c1-9-4-2-7-14-11(9)12(16)15-8-10-5-3-6-13-10/h2,4,7,10,13H,3,5-6,8H2,1H3,(H,15,16). The number of hydrogen-bond donors (Lipinski definition) is 2. The van der Waals surface area contributed by atoms with Crippen LogP contribution in [0, 0.1) is 6.92 Å². The van der Waals surface area contributed by atoms with Crippen molar-refractivity contribution in [1.82, 2.24) is 15.6 Å². The highest BCUT2D eigenvalue weighted by Crippen LogP contribution is 2.05. The number of nitrogens with zero attached hydrogens (tertiary/aromatic N) is 1. The molecule has 1 saturated heterocycles. The number of carbonyl (C=O) groups excluding carboxylic acids is 1. The van der Waals surface area contributed by atoms with Crippen molar-refractivity contribution in [3.63, 3.8) is 0 Å². The lowest BCUT2D eigenvalue weighted by Gasteiger charge is -2.11. The maximum atomic E-state index is 11.8. The van der Waals surface area contributed by atoms with Gasteiger partial charge in [0.2, 0.25) is 0 Å². The van der Waals surface area contributed by atoms with E-state index >= 15 is 0 Å². The van der Waals surface area contributed by atoms with E-state index in [1.165, 1.54) is 6.42 Å². The second-order valence-corrected chi connectivity index (χ2v) is 4.17. The molecule has 4 nitrogen and oxygen atoms in total. The lowest BCUT2D eigenvalue weighted by molar-refractivity contribution is 0.0944. The molecule has 86 valence electrons. The lowest BCUT2D eigenvalue weighted by atomic mass is 10.2. The zero-order chi connectivity index (χ0) is 11.4. The quantitative estimate of drug-likeness (QED) is 0.793. The third kappa shape index (κ3) is 2.58. The maximum Gasteiger partial charge on any atom is 0.270 e. The minimum Gasteiger partial charge on any atom is -0.349 e. The van der Waals surface area contributed by atoms with Crippen LogP contribution in [0.1, 0.15) is 28.9 Å². The number of amides is 1. The Hall–Kier alpha value is -1.42. The molecule has 1 aromatic rings. The summed E-state index contributed by atoms with van der Waals surface area (Å²) in [6.07, 6.45) is 3.99.